The molecule has 2 heteroatoms. The lowest BCUT2D eigenvalue weighted by atomic mass is 9.51. The zero-order chi connectivity index (χ0) is 38.3. The average molecular weight is 737 g/mol. The number of benzene rings is 9. The molecule has 0 N–H and O–H groups in total. The Morgan fingerprint density at radius 3 is 1.62 bits per heavy atom. The van der Waals surface area contributed by atoms with Crippen LogP contribution in [0.25, 0.3) is 55.4 Å². The molecule has 0 fully saturated rings. The van der Waals surface area contributed by atoms with Crippen LogP contribution in [0, 0.1) is 0 Å². The van der Waals surface area contributed by atoms with Gasteiger partial charge in [0, 0.05) is 16.5 Å². The monoisotopic (exact) mass is 736 g/mol. The van der Waals surface area contributed by atoms with Crippen molar-refractivity contribution >= 4 is 21.7 Å². The molecule has 9 aromatic carbocycles. The lowest BCUT2D eigenvalue weighted by Crippen LogP contribution is -2.44. The van der Waals surface area contributed by atoms with Crippen molar-refractivity contribution in [2.24, 2.45) is 0 Å². The van der Waals surface area contributed by atoms with Crippen LogP contribution < -0.4 is 0 Å². The van der Waals surface area contributed by atoms with Gasteiger partial charge in [0.2, 0.25) is 0 Å². The summed E-state index contributed by atoms with van der Waals surface area (Å²) < 4.78 is 0. The van der Waals surface area contributed by atoms with E-state index in [0.29, 0.717) is 5.82 Å². The highest BCUT2D eigenvalue weighted by molar-refractivity contribution is 5.97. The van der Waals surface area contributed by atoms with Crippen LogP contribution in [0.2, 0.25) is 0 Å². The maximum atomic E-state index is 5.57. The molecular formula is C56H36N2. The molecule has 0 spiro atoms. The van der Waals surface area contributed by atoms with Crippen molar-refractivity contribution in [1.29, 1.82) is 0 Å². The molecule has 0 aliphatic heterocycles. The van der Waals surface area contributed by atoms with Crippen LogP contribution in [-0.4, -0.2) is 9.97 Å². The molecule has 58 heavy (non-hydrogen) atoms. The molecule has 0 saturated heterocycles. The van der Waals surface area contributed by atoms with E-state index < -0.39 is 10.8 Å². The number of aromatic nitrogens is 2. The van der Waals surface area contributed by atoms with Crippen molar-refractivity contribution in [2.75, 3.05) is 0 Å². The van der Waals surface area contributed by atoms with Crippen LogP contribution >= 0.6 is 0 Å². The van der Waals surface area contributed by atoms with E-state index in [1.54, 1.807) is 0 Å². The van der Waals surface area contributed by atoms with E-state index in [1.165, 1.54) is 60.8 Å². The molecule has 2 nitrogen and oxygen atoms in total. The maximum Gasteiger partial charge on any atom is 0.160 e. The summed E-state index contributed by atoms with van der Waals surface area (Å²) in [6.45, 7) is 0. The Morgan fingerprint density at radius 1 is 0.328 bits per heavy atom. The normalized spacial score (nSPS) is 17.4. The smallest absolute Gasteiger partial charge is 0.160 e. The predicted molar refractivity (Wildman–Crippen MR) is 237 cm³/mol. The first-order chi connectivity index (χ1) is 28.8. The summed E-state index contributed by atoms with van der Waals surface area (Å²) in [7, 11) is 0. The first-order valence-corrected chi connectivity index (χ1v) is 20.1. The molecule has 0 saturated carbocycles. The molecule has 0 amide bonds. The van der Waals surface area contributed by atoms with Gasteiger partial charge in [-0.2, -0.15) is 0 Å². The van der Waals surface area contributed by atoms with Crippen molar-refractivity contribution < 1.29 is 0 Å². The standard InChI is InChI=1S/C56H36N2/c1-3-20-40(21-4-1)55(47-29-13-10-25-44(47)54-57-51-33-16-11-26-45(51)53(58-54)39-35-34-37-18-7-8-19-38(37)36-39)48-30-14-15-31-49(48)56(41-22-5-2-6-23-41)46-28-12-9-24-42(46)43-27-17-32-50(55)52(43)56/h1-36H. The summed E-state index contributed by atoms with van der Waals surface area (Å²) in [6, 6.07) is 80.0. The highest BCUT2D eigenvalue weighted by Gasteiger charge is 2.58. The lowest BCUT2D eigenvalue weighted by Gasteiger charge is -2.50. The number of fused-ring (bicyclic) bond motifs is 7. The second-order valence-electron chi connectivity index (χ2n) is 15.6. The SMILES string of the molecule is c1ccc(C2(c3ccccc3-c3nc(-c4ccc5ccccc5c4)c4ccccc4n3)c3ccccc3C3(c4ccccc4)c4ccccc4-c4cccc2c43)cc1. The molecule has 1 heterocycles. The molecule has 2 aliphatic rings. The Bertz CT molecular complexity index is 3240. The number of rotatable bonds is 5. The fourth-order valence-electron chi connectivity index (χ4n) is 10.6. The van der Waals surface area contributed by atoms with E-state index in [-0.39, 0.29) is 0 Å². The minimum Gasteiger partial charge on any atom is -0.228 e. The van der Waals surface area contributed by atoms with Gasteiger partial charge in [0.25, 0.3) is 0 Å². The molecule has 0 bridgehead atoms. The Hall–Kier alpha value is -7.42. The second-order valence-corrected chi connectivity index (χ2v) is 15.6. The van der Waals surface area contributed by atoms with Crippen molar-refractivity contribution in [1.82, 2.24) is 9.97 Å². The highest BCUT2D eigenvalue weighted by atomic mass is 14.9. The fourth-order valence-corrected chi connectivity index (χ4v) is 10.6. The summed E-state index contributed by atoms with van der Waals surface area (Å²) in [6.07, 6.45) is 0. The van der Waals surface area contributed by atoms with Gasteiger partial charge in [-0.1, -0.05) is 206 Å². The van der Waals surface area contributed by atoms with Crippen molar-refractivity contribution in [3.05, 3.63) is 263 Å². The summed E-state index contributed by atoms with van der Waals surface area (Å²) in [5, 5.41) is 3.43. The van der Waals surface area contributed by atoms with Crippen molar-refractivity contribution in [3.8, 4) is 33.8 Å². The number of para-hydroxylation sites is 1. The van der Waals surface area contributed by atoms with Crippen molar-refractivity contribution in [3.63, 3.8) is 0 Å². The van der Waals surface area contributed by atoms with E-state index in [1.807, 2.05) is 0 Å². The summed E-state index contributed by atoms with van der Waals surface area (Å²) in [5.74, 6) is 0.709. The van der Waals surface area contributed by atoms with Gasteiger partial charge in [-0.05, 0) is 78.5 Å². The van der Waals surface area contributed by atoms with E-state index in [9.17, 15) is 0 Å². The molecule has 12 rings (SSSR count). The second kappa shape index (κ2) is 12.5. The van der Waals surface area contributed by atoms with Gasteiger partial charge in [-0.3, -0.25) is 0 Å². The highest BCUT2D eigenvalue weighted by Crippen LogP contribution is 2.66. The number of hydrogen-bond acceptors (Lipinski definition) is 2. The van der Waals surface area contributed by atoms with E-state index >= 15 is 0 Å². The zero-order valence-electron chi connectivity index (χ0n) is 31.7. The molecule has 2 aliphatic carbocycles. The molecule has 0 radical (unpaired) electrons. The summed E-state index contributed by atoms with van der Waals surface area (Å²) in [4.78, 5) is 11.0. The Balaban J connectivity index is 1.21. The fraction of sp³-hybridized carbons (Fsp3) is 0.0357. The molecule has 10 aromatic rings. The minimum absolute atomic E-state index is 0.518. The van der Waals surface area contributed by atoms with Crippen LogP contribution in [0.4, 0.5) is 0 Å². The number of hydrogen-bond donors (Lipinski definition) is 0. The molecule has 2 atom stereocenters. The van der Waals surface area contributed by atoms with Crippen LogP contribution in [-0.2, 0) is 10.8 Å². The first kappa shape index (κ1) is 32.8. The Morgan fingerprint density at radius 2 is 0.862 bits per heavy atom. The van der Waals surface area contributed by atoms with Gasteiger partial charge in [0.15, 0.2) is 5.82 Å². The van der Waals surface area contributed by atoms with Crippen LogP contribution in [0.1, 0.15) is 44.5 Å². The summed E-state index contributed by atoms with van der Waals surface area (Å²) >= 11 is 0. The largest absolute Gasteiger partial charge is 0.228 e. The Labute approximate surface area is 337 Å². The van der Waals surface area contributed by atoms with E-state index in [4.69, 9.17) is 9.97 Å². The zero-order valence-corrected chi connectivity index (χ0v) is 31.7. The minimum atomic E-state index is -0.724. The topological polar surface area (TPSA) is 25.8 Å². The van der Waals surface area contributed by atoms with Gasteiger partial charge in [0.05, 0.1) is 22.0 Å². The first-order valence-electron chi connectivity index (χ1n) is 20.1. The quantitative estimate of drug-likeness (QED) is 0.176. The third-order valence-electron chi connectivity index (χ3n) is 12.8. The molecule has 2 unspecified atom stereocenters. The van der Waals surface area contributed by atoms with Crippen LogP contribution in [0.3, 0.4) is 0 Å². The molecule has 270 valence electrons. The van der Waals surface area contributed by atoms with Gasteiger partial charge < -0.3 is 0 Å². The van der Waals surface area contributed by atoms with E-state index in [0.717, 1.165) is 33.3 Å². The van der Waals surface area contributed by atoms with Crippen LogP contribution in [0.15, 0.2) is 218 Å². The van der Waals surface area contributed by atoms with Gasteiger partial charge >= 0.3 is 0 Å². The van der Waals surface area contributed by atoms with Gasteiger partial charge in [-0.25, -0.2) is 9.97 Å². The third-order valence-corrected chi connectivity index (χ3v) is 12.8. The lowest BCUT2D eigenvalue weighted by molar-refractivity contribution is 0.627. The van der Waals surface area contributed by atoms with Gasteiger partial charge in [0.1, 0.15) is 0 Å². The summed E-state index contributed by atoms with van der Waals surface area (Å²) in [5.41, 5.74) is 15.4. The molecular weight excluding hydrogens is 701 g/mol. The van der Waals surface area contributed by atoms with Crippen molar-refractivity contribution in [2.45, 2.75) is 10.8 Å². The number of nitrogens with zero attached hydrogens (tertiary/aromatic N) is 2. The van der Waals surface area contributed by atoms with Gasteiger partial charge in [-0.15, -0.1) is 0 Å². The van der Waals surface area contributed by atoms with E-state index in [2.05, 4.69) is 218 Å². The predicted octanol–water partition coefficient (Wildman–Crippen LogP) is 13.2. The molecule has 1 aromatic heterocycles. The van der Waals surface area contributed by atoms with Crippen LogP contribution in [0.5, 0.6) is 0 Å². The maximum absolute atomic E-state index is 5.57. The Kier molecular flexibility index (Phi) is 7.09. The third kappa shape index (κ3) is 4.37. The average Bonchev–Trinajstić information content (AvgIpc) is 3.61.